The van der Waals surface area contributed by atoms with Crippen LogP contribution < -0.4 is 10.6 Å². The first kappa shape index (κ1) is 19.2. The molecule has 6 heteroatoms. The van der Waals surface area contributed by atoms with Crippen LogP contribution in [0.15, 0.2) is 24.3 Å². The van der Waals surface area contributed by atoms with Crippen LogP contribution in [-0.4, -0.2) is 32.7 Å². The molecular formula is C18H26ClFN2O2. The van der Waals surface area contributed by atoms with E-state index in [9.17, 15) is 9.18 Å². The van der Waals surface area contributed by atoms with Crippen LogP contribution in [0.1, 0.15) is 37.4 Å². The number of ether oxygens (including phenoxy) is 1. The predicted octanol–water partition coefficient (Wildman–Crippen LogP) is 2.83. The molecule has 4 nitrogen and oxygen atoms in total. The second-order valence-corrected chi connectivity index (χ2v) is 6.72. The van der Waals surface area contributed by atoms with Crippen molar-refractivity contribution in [1.29, 1.82) is 0 Å². The lowest BCUT2D eigenvalue weighted by Crippen LogP contribution is -2.48. The molecule has 1 saturated carbocycles. The van der Waals surface area contributed by atoms with E-state index in [-0.39, 0.29) is 35.7 Å². The molecule has 1 aromatic rings. The highest BCUT2D eigenvalue weighted by atomic mass is 35.5. The fourth-order valence-electron chi connectivity index (χ4n) is 4.07. The molecule has 1 aliphatic heterocycles. The third-order valence-corrected chi connectivity index (χ3v) is 5.46. The summed E-state index contributed by atoms with van der Waals surface area (Å²) in [4.78, 5) is 12.8. The molecule has 134 valence electrons. The zero-order valence-electron chi connectivity index (χ0n) is 14.0. The Morgan fingerprint density at radius 1 is 1.42 bits per heavy atom. The number of carbonyl (C=O) groups excluding carboxylic acids is 1. The molecule has 1 aromatic carbocycles. The molecule has 0 spiro atoms. The summed E-state index contributed by atoms with van der Waals surface area (Å²) in [5, 5.41) is 6.47. The van der Waals surface area contributed by atoms with E-state index >= 15 is 0 Å². The van der Waals surface area contributed by atoms with Crippen molar-refractivity contribution in [3.05, 3.63) is 35.6 Å². The van der Waals surface area contributed by atoms with Crippen molar-refractivity contribution in [1.82, 2.24) is 10.6 Å². The zero-order valence-corrected chi connectivity index (χ0v) is 14.8. The van der Waals surface area contributed by atoms with Gasteiger partial charge in [0.2, 0.25) is 5.91 Å². The van der Waals surface area contributed by atoms with Crippen LogP contribution in [0.25, 0.3) is 0 Å². The first-order chi connectivity index (χ1) is 11.2. The molecular weight excluding hydrogens is 331 g/mol. The smallest absolute Gasteiger partial charge is 0.227 e. The molecule has 0 aromatic heterocycles. The van der Waals surface area contributed by atoms with Crippen LogP contribution in [0.2, 0.25) is 0 Å². The Hall–Kier alpha value is -1.17. The second kappa shape index (κ2) is 8.28. The van der Waals surface area contributed by atoms with Gasteiger partial charge in [-0.05, 0) is 43.0 Å². The Bertz CT molecular complexity index is 554. The summed E-state index contributed by atoms with van der Waals surface area (Å²) in [5.41, 5.74) is 0.621. The number of hydrogen-bond donors (Lipinski definition) is 2. The maximum Gasteiger partial charge on any atom is 0.227 e. The van der Waals surface area contributed by atoms with E-state index < -0.39 is 0 Å². The number of nitrogens with one attached hydrogen (secondary N) is 2. The number of halogens is 2. The van der Waals surface area contributed by atoms with Gasteiger partial charge < -0.3 is 15.4 Å². The van der Waals surface area contributed by atoms with Gasteiger partial charge in [0.05, 0.1) is 11.5 Å². The Kier molecular flexibility index (Phi) is 6.61. The molecule has 1 amide bonds. The van der Waals surface area contributed by atoms with Crippen LogP contribution in [-0.2, 0) is 9.53 Å². The van der Waals surface area contributed by atoms with Crippen molar-refractivity contribution in [2.75, 3.05) is 26.7 Å². The number of amides is 1. The monoisotopic (exact) mass is 356 g/mol. The maximum absolute atomic E-state index is 13.0. The minimum absolute atomic E-state index is 0. The molecule has 2 aliphatic rings. The Morgan fingerprint density at radius 2 is 2.17 bits per heavy atom. The number of fused-ring (bicyclic) bond motifs is 1. The second-order valence-electron chi connectivity index (χ2n) is 6.72. The van der Waals surface area contributed by atoms with Gasteiger partial charge in [0.1, 0.15) is 5.82 Å². The van der Waals surface area contributed by atoms with E-state index in [4.69, 9.17) is 4.74 Å². The summed E-state index contributed by atoms with van der Waals surface area (Å²) in [5.74, 6) is 0.313. The van der Waals surface area contributed by atoms with Crippen LogP contribution in [0.5, 0.6) is 0 Å². The van der Waals surface area contributed by atoms with Gasteiger partial charge in [-0.1, -0.05) is 25.0 Å². The molecule has 0 bridgehead atoms. The fraction of sp³-hybridized carbons (Fsp3) is 0.611. The number of rotatable bonds is 5. The maximum atomic E-state index is 13.0. The summed E-state index contributed by atoms with van der Waals surface area (Å²) in [6.45, 7) is 2.13. The highest BCUT2D eigenvalue weighted by molar-refractivity contribution is 5.85. The molecule has 2 fully saturated rings. The van der Waals surface area contributed by atoms with E-state index in [1.165, 1.54) is 18.6 Å². The number of methoxy groups -OCH3 is 1. The largest absolute Gasteiger partial charge is 0.375 e. The molecule has 1 aliphatic carbocycles. The summed E-state index contributed by atoms with van der Waals surface area (Å²) in [7, 11) is 1.61. The highest BCUT2D eigenvalue weighted by Crippen LogP contribution is 2.43. The van der Waals surface area contributed by atoms with E-state index in [1.807, 2.05) is 0 Å². The summed E-state index contributed by atoms with van der Waals surface area (Å²) in [6.07, 6.45) is 4.18. The Labute approximate surface area is 148 Å². The molecule has 1 saturated heterocycles. The standard InChI is InChI=1S/C18H25FN2O2.ClH/c1-23-16(13-5-7-15(19)8-6-13)11-21-17(22)18-9-3-2-4-14(18)10-20-12-18;/h5-8,14,16,20H,2-4,9-12H2,1H3,(H,21,22);1H/t14-,16?,18+;/m0./s1. The summed E-state index contributed by atoms with van der Waals surface area (Å²) < 4.78 is 18.5. The third-order valence-electron chi connectivity index (χ3n) is 5.46. The fourth-order valence-corrected chi connectivity index (χ4v) is 4.07. The topological polar surface area (TPSA) is 50.4 Å². The van der Waals surface area contributed by atoms with Crippen LogP contribution in [0, 0.1) is 17.2 Å². The minimum Gasteiger partial charge on any atom is -0.375 e. The average Bonchev–Trinajstić information content (AvgIpc) is 3.02. The predicted molar refractivity (Wildman–Crippen MR) is 93.7 cm³/mol. The third kappa shape index (κ3) is 3.73. The van der Waals surface area contributed by atoms with E-state index in [1.54, 1.807) is 19.2 Å². The summed E-state index contributed by atoms with van der Waals surface area (Å²) in [6, 6.07) is 6.24. The Balaban J connectivity index is 0.00000208. The Morgan fingerprint density at radius 3 is 2.88 bits per heavy atom. The van der Waals surface area contributed by atoms with Gasteiger partial charge in [0.25, 0.3) is 0 Å². The van der Waals surface area contributed by atoms with Crippen molar-refractivity contribution >= 4 is 18.3 Å². The molecule has 24 heavy (non-hydrogen) atoms. The van der Waals surface area contributed by atoms with Gasteiger partial charge in [-0.25, -0.2) is 4.39 Å². The lowest BCUT2D eigenvalue weighted by Gasteiger charge is -2.37. The van der Waals surface area contributed by atoms with Crippen molar-refractivity contribution in [2.45, 2.75) is 31.8 Å². The summed E-state index contributed by atoms with van der Waals surface area (Å²) >= 11 is 0. The van der Waals surface area contributed by atoms with Gasteiger partial charge in [-0.15, -0.1) is 12.4 Å². The zero-order chi connectivity index (χ0) is 16.3. The van der Waals surface area contributed by atoms with E-state index in [0.29, 0.717) is 12.5 Å². The van der Waals surface area contributed by atoms with Gasteiger partial charge in [-0.2, -0.15) is 0 Å². The molecule has 1 heterocycles. The number of hydrogen-bond acceptors (Lipinski definition) is 3. The lowest BCUT2D eigenvalue weighted by molar-refractivity contribution is -0.134. The quantitative estimate of drug-likeness (QED) is 0.853. The first-order valence-electron chi connectivity index (χ1n) is 8.43. The van der Waals surface area contributed by atoms with Gasteiger partial charge >= 0.3 is 0 Å². The van der Waals surface area contributed by atoms with E-state index in [2.05, 4.69) is 10.6 Å². The van der Waals surface area contributed by atoms with E-state index in [0.717, 1.165) is 37.9 Å². The van der Waals surface area contributed by atoms with Crippen LogP contribution in [0.3, 0.4) is 0 Å². The minimum atomic E-state index is -0.270. The molecule has 1 unspecified atom stereocenters. The van der Waals surface area contributed by atoms with Gasteiger partial charge in [0, 0.05) is 20.2 Å². The molecule has 3 rings (SSSR count). The lowest BCUT2D eigenvalue weighted by atomic mass is 9.67. The average molecular weight is 357 g/mol. The van der Waals surface area contributed by atoms with Crippen LogP contribution >= 0.6 is 12.4 Å². The van der Waals surface area contributed by atoms with Crippen LogP contribution in [0.4, 0.5) is 4.39 Å². The van der Waals surface area contributed by atoms with Crippen molar-refractivity contribution in [2.24, 2.45) is 11.3 Å². The van der Waals surface area contributed by atoms with Crippen molar-refractivity contribution in [3.63, 3.8) is 0 Å². The number of carbonyl (C=O) groups is 1. The first-order valence-corrected chi connectivity index (χ1v) is 8.43. The highest BCUT2D eigenvalue weighted by Gasteiger charge is 2.49. The molecule has 0 radical (unpaired) electrons. The van der Waals surface area contributed by atoms with Crippen molar-refractivity contribution in [3.8, 4) is 0 Å². The van der Waals surface area contributed by atoms with Crippen molar-refractivity contribution < 1.29 is 13.9 Å². The SMILES string of the molecule is COC(CNC(=O)[C@@]12CCCC[C@H]1CNC2)c1ccc(F)cc1.Cl. The van der Waals surface area contributed by atoms with Gasteiger partial charge in [-0.3, -0.25) is 4.79 Å². The molecule has 2 N–H and O–H groups in total. The van der Waals surface area contributed by atoms with Gasteiger partial charge in [0.15, 0.2) is 0 Å². The molecule has 3 atom stereocenters. The number of benzene rings is 1. The normalized spacial score (nSPS) is 27.0.